The van der Waals surface area contributed by atoms with E-state index in [1.165, 1.54) is 141 Å². The molecule has 0 spiro atoms. The van der Waals surface area contributed by atoms with Gasteiger partial charge in [-0.1, -0.05) is 123 Å². The number of hydrogen-bond acceptors (Lipinski definition) is 10. The molecule has 0 aliphatic heterocycles. The van der Waals surface area contributed by atoms with Crippen LogP contribution in [0.1, 0.15) is 404 Å². The highest BCUT2D eigenvalue weighted by Crippen LogP contribution is 2.68. The second-order valence-corrected chi connectivity index (χ2v) is 40.7. The zero-order valence-electron chi connectivity index (χ0n) is 63.8. The lowest BCUT2D eigenvalue weighted by Gasteiger charge is -2.59. The second-order valence-electron chi connectivity index (χ2n) is 40.7. The van der Waals surface area contributed by atoms with Crippen molar-refractivity contribution in [3.05, 3.63) is 0 Å². The molecule has 5 unspecified atom stereocenters. The third-order valence-corrected chi connectivity index (χ3v) is 31.3. The van der Waals surface area contributed by atoms with Gasteiger partial charge in [-0.3, -0.25) is 28.8 Å². The van der Waals surface area contributed by atoms with Crippen LogP contribution in [-0.4, -0.2) is 70.3 Å². The normalized spacial score (nSPS) is 38.0. The molecule has 20 saturated carbocycles. The summed E-state index contributed by atoms with van der Waals surface area (Å²) in [5.74, 6) is 11.6. The Kier molecular flexibility index (Phi) is 35.0. The van der Waals surface area contributed by atoms with Crippen LogP contribution in [0.3, 0.4) is 0 Å². The maximum atomic E-state index is 12.5. The van der Waals surface area contributed by atoms with Gasteiger partial charge >= 0.3 is 29.8 Å². The number of hydrogen-bond donors (Lipinski definition) is 2. The molecule has 0 aromatic heterocycles. The van der Waals surface area contributed by atoms with Crippen molar-refractivity contribution in [3.63, 3.8) is 0 Å². The van der Waals surface area contributed by atoms with Crippen LogP contribution in [0.15, 0.2) is 0 Å². The molecular weight excluding hydrogens is 1320 g/mol. The Morgan fingerprint density at radius 2 is 0.708 bits per heavy atom. The molecule has 106 heavy (non-hydrogen) atoms. The van der Waals surface area contributed by atoms with Gasteiger partial charge in [-0.05, 0) is 363 Å². The standard InChI is InChI=1S/C17H26O4.3C17H28O2.C16H27NO.10CH4/c1-4-15(2,3)14(20)21-17-8-11-5-12(9-17)7-16(6-11,10-17)13(18)19;1-5-16(2,3)15(18)19-17(4)13-7-11-6-12(9-13)10-14(17)8-11;1-5-16(3,4)15(18)19-11(2)17-9-12-6-13(10-17)8-14(17)7-12;1-4-16(2,3)15(18)19-11-17-8-12-5-13(9-17)7-14(6-12)10-17;1-4-15(2,3)14(18)17-16-8-11-5-12(9-16)7-13(6-11)10-16;;;;;;;;;;/h11-12H,4-10H2,1-3H3,(H,18,19);2*11-14H,5-10H2,1-4H3;12-14H,4-11H2,1-3H3;11-13H,4-10H2,1-3H3,(H,17,18);10*1H4. The molecule has 0 radical (unpaired) electrons. The van der Waals surface area contributed by atoms with Crippen molar-refractivity contribution in [2.75, 3.05) is 6.61 Å². The second kappa shape index (κ2) is 36.7. The van der Waals surface area contributed by atoms with E-state index in [1.807, 2.05) is 62.3 Å². The van der Waals surface area contributed by atoms with Crippen LogP contribution in [0.5, 0.6) is 0 Å². The van der Waals surface area contributed by atoms with E-state index < -0.39 is 22.4 Å². The first-order chi connectivity index (χ1) is 44.8. The number of ether oxygens (including phenoxy) is 4. The lowest BCUT2D eigenvalue weighted by atomic mass is 9.48. The number of amides is 1. The highest BCUT2D eigenvalue weighted by Gasteiger charge is 2.65. The number of aliphatic carboxylic acids is 1. The Balaban J connectivity index is 0.000000648. The Hall–Kier alpha value is -3.18. The highest BCUT2D eigenvalue weighted by atomic mass is 16.6. The SMILES string of the molecule is C.C.C.C.C.C.C.C.C.C.CCC(C)(C)C(=O)NC12CC3CC(CC(C3)C1)C2.CCC(C)(C)C(=O)OC(C)C12CC3CC(CC1C3)C2.CCC(C)(C)C(=O)OC1(C)C2CC3CC(C2)CC1C3.CCC(C)(C)C(=O)OC12CC3CC(C1)CC(C(=O)O)(C3)C2.CCC(C)(C)C(=O)OCC12CC3CC(CC(C3)C1)C2. The minimum absolute atomic E-state index is 0. The minimum atomic E-state index is -0.688. The third-order valence-electron chi connectivity index (χ3n) is 31.3. The Morgan fingerprint density at radius 3 is 1.08 bits per heavy atom. The summed E-state index contributed by atoms with van der Waals surface area (Å²) in [5, 5.41) is 13.2. The minimum Gasteiger partial charge on any atom is -0.481 e. The zero-order valence-corrected chi connectivity index (χ0v) is 63.8. The summed E-state index contributed by atoms with van der Waals surface area (Å²) in [6, 6.07) is 0. The fraction of sp³-hybridized carbons (Fsp3) is 0.936. The van der Waals surface area contributed by atoms with E-state index >= 15 is 0 Å². The molecule has 5 atom stereocenters. The Bertz CT molecular complexity index is 2730. The molecule has 0 aromatic carbocycles. The van der Waals surface area contributed by atoms with Crippen molar-refractivity contribution < 1.29 is 52.8 Å². The Labute approximate surface area is 655 Å². The average molecular weight is 1500 g/mol. The van der Waals surface area contributed by atoms with Crippen LogP contribution in [0.25, 0.3) is 0 Å². The predicted molar refractivity (Wildman–Crippen MR) is 445 cm³/mol. The molecule has 20 aliphatic carbocycles. The van der Waals surface area contributed by atoms with Gasteiger partial charge < -0.3 is 29.4 Å². The monoisotopic (exact) mass is 1500 g/mol. The van der Waals surface area contributed by atoms with Crippen LogP contribution >= 0.6 is 0 Å². The lowest BCUT2D eigenvalue weighted by molar-refractivity contribution is -0.215. The van der Waals surface area contributed by atoms with Crippen LogP contribution in [0, 0.1) is 132 Å². The van der Waals surface area contributed by atoms with Gasteiger partial charge in [0, 0.05) is 28.2 Å². The number of carbonyl (C=O) groups is 6. The molecule has 0 heterocycles. The van der Waals surface area contributed by atoms with E-state index in [4.69, 9.17) is 18.9 Å². The van der Waals surface area contributed by atoms with Gasteiger partial charge in [-0.25, -0.2) is 0 Å². The highest BCUT2D eigenvalue weighted by molar-refractivity contribution is 5.82. The first-order valence-corrected chi connectivity index (χ1v) is 40.2. The van der Waals surface area contributed by atoms with E-state index in [9.17, 15) is 33.9 Å². The van der Waals surface area contributed by atoms with E-state index in [0.717, 1.165) is 129 Å². The molecule has 2 N–H and O–H groups in total. The number of nitrogens with one attached hydrogen (secondary N) is 1. The van der Waals surface area contributed by atoms with E-state index in [2.05, 4.69) is 60.7 Å². The van der Waals surface area contributed by atoms with Crippen LogP contribution in [0.2, 0.25) is 0 Å². The van der Waals surface area contributed by atoms with Gasteiger partial charge in [-0.15, -0.1) is 0 Å². The van der Waals surface area contributed by atoms with E-state index in [-0.39, 0.29) is 143 Å². The van der Waals surface area contributed by atoms with Crippen molar-refractivity contribution in [1.29, 1.82) is 0 Å². The van der Waals surface area contributed by atoms with Crippen molar-refractivity contribution in [1.82, 2.24) is 5.32 Å². The average Bonchev–Trinajstić information content (AvgIpc) is 1.63. The van der Waals surface area contributed by atoms with Gasteiger partial charge in [-0.2, -0.15) is 0 Å². The maximum absolute atomic E-state index is 12.5. The van der Waals surface area contributed by atoms with Crippen molar-refractivity contribution in [3.8, 4) is 0 Å². The molecule has 20 bridgehead atoms. The topological polar surface area (TPSA) is 172 Å². The van der Waals surface area contributed by atoms with Gasteiger partial charge in [0.1, 0.15) is 17.3 Å². The molecule has 624 valence electrons. The van der Waals surface area contributed by atoms with Gasteiger partial charge in [0.25, 0.3) is 0 Å². The smallest absolute Gasteiger partial charge is 0.312 e. The third kappa shape index (κ3) is 20.2. The Morgan fingerprint density at radius 1 is 0.387 bits per heavy atom. The lowest BCUT2D eigenvalue weighted by Crippen LogP contribution is -2.61. The summed E-state index contributed by atoms with van der Waals surface area (Å²) in [6.45, 7) is 35.3. The molecule has 12 nitrogen and oxygen atoms in total. The summed E-state index contributed by atoms with van der Waals surface area (Å²) in [5.41, 5.74) is -2.12. The fourth-order valence-corrected chi connectivity index (χ4v) is 24.8. The quantitative estimate of drug-likeness (QED) is 0.0988. The number of carboxylic acids is 1. The summed E-state index contributed by atoms with van der Waals surface area (Å²) in [6.07, 6.45) is 39.1. The first-order valence-electron chi connectivity index (χ1n) is 40.2. The van der Waals surface area contributed by atoms with E-state index in [0.29, 0.717) is 47.5 Å². The van der Waals surface area contributed by atoms with Crippen molar-refractivity contribution >= 4 is 35.8 Å². The first kappa shape index (κ1) is 101. The van der Waals surface area contributed by atoms with Crippen molar-refractivity contribution in [2.45, 2.75) is 427 Å². The molecule has 1 amide bonds. The van der Waals surface area contributed by atoms with Crippen LogP contribution in [0.4, 0.5) is 0 Å². The van der Waals surface area contributed by atoms with Crippen LogP contribution in [-0.2, 0) is 47.7 Å². The summed E-state index contributed by atoms with van der Waals surface area (Å²) in [7, 11) is 0. The largest absolute Gasteiger partial charge is 0.481 e. The number of carboxylic acid groups (broad SMARTS) is 1. The maximum Gasteiger partial charge on any atom is 0.312 e. The molecule has 0 saturated heterocycles. The fourth-order valence-electron chi connectivity index (χ4n) is 24.8. The number of carbonyl (C=O) groups excluding carboxylic acids is 5. The molecule has 20 rings (SSSR count). The molecule has 20 fully saturated rings. The van der Waals surface area contributed by atoms with Gasteiger partial charge in [0.05, 0.1) is 33.7 Å². The summed E-state index contributed by atoms with van der Waals surface area (Å²) >= 11 is 0. The van der Waals surface area contributed by atoms with Crippen molar-refractivity contribution in [2.24, 2.45) is 132 Å². The van der Waals surface area contributed by atoms with Gasteiger partial charge in [0.15, 0.2) is 0 Å². The number of rotatable bonds is 18. The zero-order chi connectivity index (χ0) is 69.8. The summed E-state index contributed by atoms with van der Waals surface area (Å²) < 4.78 is 23.8. The molecule has 20 aliphatic rings. The van der Waals surface area contributed by atoms with Crippen LogP contribution < -0.4 is 5.32 Å². The van der Waals surface area contributed by atoms with E-state index in [1.54, 1.807) is 0 Å². The molecular formula is C94H177NO11. The predicted octanol–water partition coefficient (Wildman–Crippen LogP) is 25.8. The molecule has 12 heteroatoms. The summed E-state index contributed by atoms with van der Waals surface area (Å²) in [4.78, 5) is 73.7. The number of esters is 4. The molecule has 0 aromatic rings. The van der Waals surface area contributed by atoms with Gasteiger partial charge in [0.2, 0.25) is 5.91 Å².